The van der Waals surface area contributed by atoms with Crippen molar-refractivity contribution in [1.29, 1.82) is 0 Å². The van der Waals surface area contributed by atoms with Gasteiger partial charge in [0.05, 0.1) is 16.8 Å². The summed E-state index contributed by atoms with van der Waals surface area (Å²) in [6, 6.07) is 0. The highest BCUT2D eigenvalue weighted by Crippen LogP contribution is 2.31. The number of carboxylic acid groups (broad SMARTS) is 1. The SMILES string of the molecule is C=C[C@@](C)(CC/C=C(\C)C(=O)O)O[C@@H]1O[C@H](COC(=O)/C(C)=C/CC[C@](C)(O)C=C)[C@@H](O)[C@H](OC(=O)/C(C)=C/CC[C@](C)(O)C=C)[C@H]1O. The molecule has 0 aromatic rings. The maximum atomic E-state index is 13.0. The number of ether oxygens (including phenoxy) is 4. The van der Waals surface area contributed by atoms with Crippen LogP contribution < -0.4 is 0 Å². The Balaban J connectivity index is 3.22. The lowest BCUT2D eigenvalue weighted by atomic mass is 9.96. The first kappa shape index (κ1) is 42.6. The minimum Gasteiger partial charge on any atom is -0.478 e. The number of allylic oxidation sites excluding steroid dienone is 3. The number of hydrogen-bond acceptors (Lipinski definition) is 11. The van der Waals surface area contributed by atoms with Crippen LogP contribution in [-0.2, 0) is 33.3 Å². The van der Waals surface area contributed by atoms with Crippen molar-refractivity contribution in [3.63, 3.8) is 0 Å². The van der Waals surface area contributed by atoms with Crippen molar-refractivity contribution < 1.29 is 58.9 Å². The first-order valence-electron chi connectivity index (χ1n) is 15.9. The topological polar surface area (TPSA) is 189 Å². The number of carbonyl (C=O) groups is 3. The zero-order chi connectivity index (χ0) is 36.9. The third-order valence-electron chi connectivity index (χ3n) is 8.23. The monoisotopic (exact) mass is 678 g/mol. The molecule has 1 rings (SSSR count). The molecule has 0 radical (unpaired) electrons. The zero-order valence-electron chi connectivity index (χ0n) is 29.0. The van der Waals surface area contributed by atoms with E-state index in [9.17, 15) is 34.8 Å². The Morgan fingerprint density at radius 2 is 1.23 bits per heavy atom. The summed E-state index contributed by atoms with van der Waals surface area (Å²) in [5, 5.41) is 51.8. The van der Waals surface area contributed by atoms with E-state index < -0.39 is 72.0 Å². The molecule has 12 heteroatoms. The molecule has 5 N–H and O–H groups in total. The van der Waals surface area contributed by atoms with Crippen LogP contribution >= 0.6 is 0 Å². The number of aliphatic carboxylic acids is 1. The lowest BCUT2D eigenvalue weighted by molar-refractivity contribution is -0.321. The maximum Gasteiger partial charge on any atom is 0.333 e. The van der Waals surface area contributed by atoms with Crippen molar-refractivity contribution in [2.24, 2.45) is 0 Å². The molecule has 1 fully saturated rings. The van der Waals surface area contributed by atoms with E-state index in [4.69, 9.17) is 24.1 Å². The molecule has 12 nitrogen and oxygen atoms in total. The van der Waals surface area contributed by atoms with E-state index in [1.165, 1.54) is 45.1 Å². The summed E-state index contributed by atoms with van der Waals surface area (Å²) in [4.78, 5) is 36.9. The first-order chi connectivity index (χ1) is 22.2. The van der Waals surface area contributed by atoms with E-state index in [0.717, 1.165) is 0 Å². The second-order valence-electron chi connectivity index (χ2n) is 12.8. The average Bonchev–Trinajstić information content (AvgIpc) is 3.02. The van der Waals surface area contributed by atoms with E-state index in [0.29, 0.717) is 19.3 Å². The van der Waals surface area contributed by atoms with Gasteiger partial charge in [-0.05, 0) is 80.1 Å². The van der Waals surface area contributed by atoms with Crippen molar-refractivity contribution in [2.75, 3.05) is 6.61 Å². The van der Waals surface area contributed by atoms with Crippen LogP contribution in [0.25, 0.3) is 0 Å². The van der Waals surface area contributed by atoms with E-state index in [-0.39, 0.29) is 36.0 Å². The smallest absolute Gasteiger partial charge is 0.333 e. The Bertz CT molecular complexity index is 1240. The number of hydrogen-bond donors (Lipinski definition) is 5. The summed E-state index contributed by atoms with van der Waals surface area (Å²) in [6.07, 6.45) is 3.01. The van der Waals surface area contributed by atoms with Gasteiger partial charge in [0.1, 0.15) is 24.9 Å². The molecule has 1 saturated heterocycles. The normalized spacial score (nSPS) is 25.9. The van der Waals surface area contributed by atoms with Crippen LogP contribution in [0.3, 0.4) is 0 Å². The van der Waals surface area contributed by atoms with Gasteiger partial charge in [-0.15, -0.1) is 19.7 Å². The number of carbonyl (C=O) groups excluding carboxylic acids is 2. The third-order valence-corrected chi connectivity index (χ3v) is 8.23. The predicted octanol–water partition coefficient (Wildman–Crippen LogP) is 3.99. The highest BCUT2D eigenvalue weighted by molar-refractivity contribution is 5.88. The van der Waals surface area contributed by atoms with Crippen LogP contribution in [0.1, 0.15) is 80.1 Å². The molecule has 1 heterocycles. The van der Waals surface area contributed by atoms with Crippen molar-refractivity contribution in [2.45, 2.75) is 128 Å². The Kier molecular flexibility index (Phi) is 16.8. The van der Waals surface area contributed by atoms with Gasteiger partial charge in [0.2, 0.25) is 0 Å². The molecule has 0 aliphatic carbocycles. The molecule has 1 aliphatic heterocycles. The Morgan fingerprint density at radius 3 is 1.71 bits per heavy atom. The highest BCUT2D eigenvalue weighted by Gasteiger charge is 2.49. The number of esters is 2. The molecule has 1 aliphatic rings. The molecule has 0 spiro atoms. The summed E-state index contributed by atoms with van der Waals surface area (Å²) in [5.74, 6) is -2.63. The van der Waals surface area contributed by atoms with E-state index >= 15 is 0 Å². The van der Waals surface area contributed by atoms with Crippen LogP contribution in [0.5, 0.6) is 0 Å². The van der Waals surface area contributed by atoms with Gasteiger partial charge in [0.25, 0.3) is 0 Å². The van der Waals surface area contributed by atoms with Crippen molar-refractivity contribution in [1.82, 2.24) is 0 Å². The van der Waals surface area contributed by atoms with Crippen molar-refractivity contribution in [3.8, 4) is 0 Å². The standard InChI is InChI=1S/C36H54O12/c1-10-34(7,43)19-13-17-24(5)31(41)45-22-26-27(37)29(47-32(42)25(6)18-14-20-35(8,44)11-2)28(38)33(46-26)48-36(9,12-3)21-15-16-23(4)30(39)40/h10-12,16-18,26-29,33,37-38,43-44H,1-3,13-15,19-22H2,4-9H3,(H,39,40)/b23-16+,24-17+,25-18+/t26-,27-,28-,29+,33+,34-,35-,36+/m1/s1. The molecular weight excluding hydrogens is 624 g/mol. The van der Waals surface area contributed by atoms with Crippen LogP contribution in [0, 0.1) is 0 Å². The molecular formula is C36H54O12. The quantitative estimate of drug-likeness (QED) is 0.0709. The molecule has 48 heavy (non-hydrogen) atoms. The summed E-state index contributed by atoms with van der Waals surface area (Å²) in [6.45, 7) is 19.7. The van der Waals surface area contributed by atoms with Gasteiger partial charge in [0, 0.05) is 16.7 Å². The molecule has 270 valence electrons. The van der Waals surface area contributed by atoms with E-state index in [1.54, 1.807) is 32.9 Å². The zero-order valence-corrected chi connectivity index (χ0v) is 29.0. The second-order valence-corrected chi connectivity index (χ2v) is 12.8. The number of aliphatic hydroxyl groups excluding tert-OH is 2. The second kappa shape index (κ2) is 19.0. The van der Waals surface area contributed by atoms with E-state index in [1.807, 2.05) is 0 Å². The summed E-state index contributed by atoms with van der Waals surface area (Å²) in [5.41, 5.74) is -2.86. The van der Waals surface area contributed by atoms with Crippen molar-refractivity contribution >= 4 is 17.9 Å². The summed E-state index contributed by atoms with van der Waals surface area (Å²) in [7, 11) is 0. The fraction of sp³-hybridized carbons (Fsp3) is 0.583. The van der Waals surface area contributed by atoms with Gasteiger partial charge < -0.3 is 44.5 Å². The Morgan fingerprint density at radius 1 is 0.750 bits per heavy atom. The predicted molar refractivity (Wildman–Crippen MR) is 179 cm³/mol. The molecule has 0 aromatic heterocycles. The van der Waals surface area contributed by atoms with Crippen LogP contribution in [0.4, 0.5) is 0 Å². The molecule has 8 atom stereocenters. The number of rotatable bonds is 20. The molecule has 0 unspecified atom stereocenters. The van der Waals surface area contributed by atoms with Crippen LogP contribution in [0.15, 0.2) is 72.9 Å². The third kappa shape index (κ3) is 14.0. The van der Waals surface area contributed by atoms with Crippen LogP contribution in [0.2, 0.25) is 0 Å². The summed E-state index contributed by atoms with van der Waals surface area (Å²) >= 11 is 0. The maximum absolute atomic E-state index is 13.0. The van der Waals surface area contributed by atoms with Crippen molar-refractivity contribution in [3.05, 3.63) is 72.9 Å². The van der Waals surface area contributed by atoms with Gasteiger partial charge in [-0.2, -0.15) is 0 Å². The Hall–Kier alpha value is -3.39. The number of carboxylic acids is 1. The lowest BCUT2D eigenvalue weighted by Crippen LogP contribution is -2.62. The minimum absolute atomic E-state index is 0.138. The minimum atomic E-state index is -1.69. The van der Waals surface area contributed by atoms with Gasteiger partial charge in [0.15, 0.2) is 12.4 Å². The molecule has 0 aromatic carbocycles. The van der Waals surface area contributed by atoms with Gasteiger partial charge >= 0.3 is 17.9 Å². The summed E-state index contributed by atoms with van der Waals surface area (Å²) < 4.78 is 22.9. The van der Waals surface area contributed by atoms with Gasteiger partial charge in [-0.1, -0.05) is 36.5 Å². The molecule has 0 amide bonds. The van der Waals surface area contributed by atoms with Gasteiger partial charge in [-0.3, -0.25) is 0 Å². The average molecular weight is 679 g/mol. The first-order valence-corrected chi connectivity index (χ1v) is 15.9. The van der Waals surface area contributed by atoms with E-state index in [2.05, 4.69) is 19.7 Å². The van der Waals surface area contributed by atoms with Crippen LogP contribution in [-0.4, -0.2) is 97.6 Å². The fourth-order valence-corrected chi connectivity index (χ4v) is 4.43. The number of aliphatic hydroxyl groups is 4. The molecule has 0 bridgehead atoms. The fourth-order valence-electron chi connectivity index (χ4n) is 4.43. The lowest BCUT2D eigenvalue weighted by Gasteiger charge is -2.44. The molecule has 0 saturated carbocycles. The van der Waals surface area contributed by atoms with Gasteiger partial charge in [-0.25, -0.2) is 14.4 Å². The highest BCUT2D eigenvalue weighted by atomic mass is 16.7. The largest absolute Gasteiger partial charge is 0.478 e. The Labute approximate surface area is 283 Å².